The van der Waals surface area contributed by atoms with Gasteiger partial charge in [-0.05, 0) is 42.5 Å². The molecule has 5 aromatic carbocycles. The van der Waals surface area contributed by atoms with E-state index in [0.717, 1.165) is 55.1 Å². The summed E-state index contributed by atoms with van der Waals surface area (Å²) < 4.78 is 14.7. The summed E-state index contributed by atoms with van der Waals surface area (Å²) in [6.45, 7) is 0. The summed E-state index contributed by atoms with van der Waals surface area (Å²) in [6.07, 6.45) is 0. The van der Waals surface area contributed by atoms with E-state index in [0.29, 0.717) is 0 Å². The van der Waals surface area contributed by atoms with Crippen LogP contribution in [0.25, 0.3) is 71.4 Å². The maximum atomic E-state index is 6.20. The van der Waals surface area contributed by atoms with Crippen LogP contribution in [0.2, 0.25) is 0 Å². The highest BCUT2D eigenvalue weighted by atomic mass is 16.3. The molecule has 0 aliphatic rings. The highest BCUT2D eigenvalue weighted by molar-refractivity contribution is 6.17. The minimum Gasteiger partial charge on any atom is -0.456 e. The van der Waals surface area contributed by atoms with Crippen LogP contribution >= 0.6 is 0 Å². The Morgan fingerprint density at radius 2 is 1.00 bits per heavy atom. The average Bonchev–Trinajstić information content (AvgIpc) is 3.51. The second kappa shape index (κ2) is 6.05. The number of furan rings is 2. The predicted molar refractivity (Wildman–Crippen MR) is 135 cm³/mol. The molecule has 3 heterocycles. The zero-order valence-electron chi connectivity index (χ0n) is 17.6. The van der Waals surface area contributed by atoms with E-state index in [2.05, 4.69) is 83.4 Å². The fourth-order valence-electron chi connectivity index (χ4n) is 5.32. The largest absolute Gasteiger partial charge is 0.456 e. The van der Waals surface area contributed by atoms with Crippen LogP contribution in [0, 0.1) is 0 Å². The van der Waals surface area contributed by atoms with Gasteiger partial charge in [0.2, 0.25) is 0 Å². The van der Waals surface area contributed by atoms with Crippen LogP contribution in [0.1, 0.15) is 0 Å². The molecule has 0 N–H and O–H groups in total. The molecule has 0 saturated carbocycles. The number of aromatic nitrogens is 1. The molecule has 8 aromatic rings. The summed E-state index contributed by atoms with van der Waals surface area (Å²) in [7, 11) is 0. The SMILES string of the molecule is c1ccc2c(c1)oc1cc(-n3c4ccccc4c4cc5oc6ccccc6c5cc43)ccc12. The Labute approximate surface area is 188 Å². The van der Waals surface area contributed by atoms with Crippen LogP contribution in [-0.4, -0.2) is 4.57 Å². The van der Waals surface area contributed by atoms with Crippen LogP contribution in [0.3, 0.4) is 0 Å². The lowest BCUT2D eigenvalue weighted by Gasteiger charge is -2.08. The third kappa shape index (κ3) is 2.23. The third-order valence-electron chi connectivity index (χ3n) is 6.79. The fourth-order valence-corrected chi connectivity index (χ4v) is 5.32. The normalized spacial score (nSPS) is 12.2. The van der Waals surface area contributed by atoms with Gasteiger partial charge in [-0.15, -0.1) is 0 Å². The van der Waals surface area contributed by atoms with Crippen LogP contribution < -0.4 is 0 Å². The van der Waals surface area contributed by atoms with Gasteiger partial charge in [-0.25, -0.2) is 0 Å². The molecule has 154 valence electrons. The highest BCUT2D eigenvalue weighted by Gasteiger charge is 2.17. The molecule has 33 heavy (non-hydrogen) atoms. The number of benzene rings is 5. The zero-order chi connectivity index (χ0) is 21.5. The van der Waals surface area contributed by atoms with E-state index in [1.54, 1.807) is 0 Å². The topological polar surface area (TPSA) is 31.2 Å². The average molecular weight is 423 g/mol. The summed E-state index contributed by atoms with van der Waals surface area (Å²) in [5.41, 5.74) is 7.05. The Bertz CT molecular complexity index is 2030. The van der Waals surface area contributed by atoms with E-state index >= 15 is 0 Å². The first-order valence-electron chi connectivity index (χ1n) is 11.1. The van der Waals surface area contributed by atoms with E-state index in [9.17, 15) is 0 Å². The van der Waals surface area contributed by atoms with Crippen molar-refractivity contribution in [3.05, 3.63) is 103 Å². The van der Waals surface area contributed by atoms with Crippen molar-refractivity contribution in [3.63, 3.8) is 0 Å². The van der Waals surface area contributed by atoms with Gasteiger partial charge in [0, 0.05) is 44.1 Å². The van der Waals surface area contributed by atoms with Gasteiger partial charge in [0.1, 0.15) is 22.3 Å². The lowest BCUT2D eigenvalue weighted by Crippen LogP contribution is -1.93. The third-order valence-corrected chi connectivity index (χ3v) is 6.79. The van der Waals surface area contributed by atoms with Gasteiger partial charge in [0.05, 0.1) is 11.0 Å². The number of rotatable bonds is 1. The molecule has 0 fully saturated rings. The molecule has 0 atom stereocenters. The molecule has 8 rings (SSSR count). The molecule has 0 aliphatic heterocycles. The zero-order valence-corrected chi connectivity index (χ0v) is 17.6. The minimum absolute atomic E-state index is 0.898. The maximum absolute atomic E-state index is 6.20. The lowest BCUT2D eigenvalue weighted by atomic mass is 10.1. The van der Waals surface area contributed by atoms with Crippen molar-refractivity contribution in [2.45, 2.75) is 0 Å². The molecule has 3 heteroatoms. The summed E-state index contributed by atoms with van der Waals surface area (Å²) >= 11 is 0. The Morgan fingerprint density at radius 3 is 1.79 bits per heavy atom. The van der Waals surface area contributed by atoms with Crippen molar-refractivity contribution < 1.29 is 8.83 Å². The predicted octanol–water partition coefficient (Wildman–Crippen LogP) is 8.58. The van der Waals surface area contributed by atoms with E-state index < -0.39 is 0 Å². The molecular weight excluding hydrogens is 406 g/mol. The van der Waals surface area contributed by atoms with Gasteiger partial charge in [-0.2, -0.15) is 0 Å². The van der Waals surface area contributed by atoms with Crippen LogP contribution in [0.15, 0.2) is 112 Å². The van der Waals surface area contributed by atoms with Crippen molar-refractivity contribution in [3.8, 4) is 5.69 Å². The second-order valence-corrected chi connectivity index (χ2v) is 8.59. The number of para-hydroxylation sites is 3. The van der Waals surface area contributed by atoms with E-state index in [1.807, 2.05) is 24.3 Å². The Kier molecular flexibility index (Phi) is 3.14. The van der Waals surface area contributed by atoms with Gasteiger partial charge in [0.25, 0.3) is 0 Å². The van der Waals surface area contributed by atoms with E-state index in [1.165, 1.54) is 16.3 Å². The molecule has 0 amide bonds. The molecule has 0 bridgehead atoms. The maximum Gasteiger partial charge on any atom is 0.137 e. The first kappa shape index (κ1) is 17.1. The van der Waals surface area contributed by atoms with Crippen molar-refractivity contribution in [2.24, 2.45) is 0 Å². The van der Waals surface area contributed by atoms with Gasteiger partial charge in [-0.3, -0.25) is 0 Å². The Balaban J connectivity index is 1.51. The number of fused-ring (bicyclic) bond motifs is 9. The molecule has 0 saturated heterocycles. The number of nitrogens with zero attached hydrogens (tertiary/aromatic N) is 1. The fraction of sp³-hybridized carbons (Fsp3) is 0. The second-order valence-electron chi connectivity index (χ2n) is 8.59. The van der Waals surface area contributed by atoms with Crippen molar-refractivity contribution in [2.75, 3.05) is 0 Å². The highest BCUT2D eigenvalue weighted by Crippen LogP contribution is 2.39. The summed E-state index contributed by atoms with van der Waals surface area (Å²) in [6, 6.07) is 35.9. The van der Waals surface area contributed by atoms with Gasteiger partial charge in [0.15, 0.2) is 0 Å². The quantitative estimate of drug-likeness (QED) is 0.265. The monoisotopic (exact) mass is 423 g/mol. The van der Waals surface area contributed by atoms with Crippen molar-refractivity contribution in [1.29, 1.82) is 0 Å². The van der Waals surface area contributed by atoms with Crippen molar-refractivity contribution >= 4 is 65.7 Å². The van der Waals surface area contributed by atoms with Crippen molar-refractivity contribution in [1.82, 2.24) is 4.57 Å². The van der Waals surface area contributed by atoms with E-state index in [4.69, 9.17) is 8.83 Å². The number of hydrogen-bond acceptors (Lipinski definition) is 2. The summed E-state index contributed by atoms with van der Waals surface area (Å²) in [5, 5.41) is 6.94. The van der Waals surface area contributed by atoms with E-state index in [-0.39, 0.29) is 0 Å². The smallest absolute Gasteiger partial charge is 0.137 e. The van der Waals surface area contributed by atoms with Crippen LogP contribution in [-0.2, 0) is 0 Å². The van der Waals surface area contributed by atoms with Crippen LogP contribution in [0.5, 0.6) is 0 Å². The van der Waals surface area contributed by atoms with Gasteiger partial charge in [-0.1, -0.05) is 54.6 Å². The van der Waals surface area contributed by atoms with Crippen LogP contribution in [0.4, 0.5) is 0 Å². The summed E-state index contributed by atoms with van der Waals surface area (Å²) in [5.74, 6) is 0. The Hall–Kier alpha value is -4.50. The molecule has 0 aliphatic carbocycles. The first-order chi connectivity index (χ1) is 16.3. The lowest BCUT2D eigenvalue weighted by molar-refractivity contribution is 0.668. The minimum atomic E-state index is 0.898. The standard InChI is InChI=1S/C30H17NO2/c1-4-10-25-19(7-1)23-17-30-24(21-9-3-6-12-28(21)33-30)16-26(23)31(25)18-13-14-22-20-8-2-5-11-27(20)32-29(22)15-18/h1-17H. The molecular formula is C30H17NO2. The molecule has 3 aromatic heterocycles. The van der Waals surface area contributed by atoms with Gasteiger partial charge < -0.3 is 13.4 Å². The first-order valence-corrected chi connectivity index (χ1v) is 11.1. The molecule has 0 radical (unpaired) electrons. The molecule has 3 nitrogen and oxygen atoms in total. The Morgan fingerprint density at radius 1 is 0.394 bits per heavy atom. The molecule has 0 unspecified atom stereocenters. The molecule has 0 spiro atoms. The summed E-state index contributed by atoms with van der Waals surface area (Å²) in [4.78, 5) is 0. The number of hydrogen-bond donors (Lipinski definition) is 0. The van der Waals surface area contributed by atoms with Gasteiger partial charge >= 0.3 is 0 Å².